The Kier molecular flexibility index (Phi) is 4.26. The Morgan fingerprint density at radius 1 is 1.42 bits per heavy atom. The first-order valence-electron chi connectivity index (χ1n) is 7.91. The van der Waals surface area contributed by atoms with Gasteiger partial charge in [0.2, 0.25) is 12.0 Å². The topological polar surface area (TPSA) is 85.8 Å². The van der Waals surface area contributed by atoms with Crippen molar-refractivity contribution in [2.24, 2.45) is 11.3 Å². The Morgan fingerprint density at radius 2 is 2.21 bits per heavy atom. The molecule has 1 amide bonds. The fourth-order valence-electron chi connectivity index (χ4n) is 2.92. The number of amides is 1. The lowest BCUT2D eigenvalue weighted by molar-refractivity contribution is -0.166. The molecule has 24 heavy (non-hydrogen) atoms. The van der Waals surface area contributed by atoms with Crippen molar-refractivity contribution in [2.45, 2.75) is 32.9 Å². The van der Waals surface area contributed by atoms with Gasteiger partial charge in [-0.05, 0) is 12.1 Å². The molecule has 2 saturated heterocycles. The molecule has 0 unspecified atom stereocenters. The molecule has 0 N–H and O–H groups in total. The molecule has 0 aliphatic carbocycles. The van der Waals surface area contributed by atoms with Crippen LogP contribution in [0, 0.1) is 11.3 Å². The Hall–Kier alpha value is -2.44. The largest absolute Gasteiger partial charge is 0.462 e. The van der Waals surface area contributed by atoms with E-state index in [2.05, 4.69) is 4.98 Å². The molecule has 3 heterocycles. The molecule has 128 valence electrons. The molecule has 0 radical (unpaired) electrons. The van der Waals surface area contributed by atoms with Gasteiger partial charge in [0.1, 0.15) is 6.61 Å². The van der Waals surface area contributed by atoms with E-state index in [0.29, 0.717) is 6.54 Å². The predicted octanol–water partition coefficient (Wildman–Crippen LogP) is 0.925. The number of esters is 2. The van der Waals surface area contributed by atoms with Gasteiger partial charge in [0, 0.05) is 24.6 Å². The van der Waals surface area contributed by atoms with Crippen LogP contribution in [0.5, 0.6) is 0 Å². The standard InChI is InChI=1S/C17H20N2O5/c1-17(2)10-23-16(22)14(17)24-15(21)11-7-13(20)19(8-11)9-12-5-3-4-6-18-12/h3-6,11,14H,7-10H2,1-2H3/t11-,14-/m0/s1. The Morgan fingerprint density at radius 3 is 2.83 bits per heavy atom. The van der Waals surface area contributed by atoms with Crippen LogP contribution in [-0.2, 0) is 30.4 Å². The molecule has 0 spiro atoms. The quantitative estimate of drug-likeness (QED) is 0.762. The predicted molar refractivity (Wildman–Crippen MR) is 82.4 cm³/mol. The highest BCUT2D eigenvalue weighted by molar-refractivity contribution is 5.88. The number of likely N-dealkylation sites (tertiary alicyclic amines) is 1. The molecule has 7 nitrogen and oxygen atoms in total. The molecule has 7 heteroatoms. The summed E-state index contributed by atoms with van der Waals surface area (Å²) in [7, 11) is 0. The van der Waals surface area contributed by atoms with Gasteiger partial charge in [-0.1, -0.05) is 19.9 Å². The number of hydrogen-bond donors (Lipinski definition) is 0. The van der Waals surface area contributed by atoms with Crippen LogP contribution in [0.3, 0.4) is 0 Å². The smallest absolute Gasteiger partial charge is 0.348 e. The van der Waals surface area contributed by atoms with E-state index in [1.807, 2.05) is 26.0 Å². The second-order valence-corrected chi connectivity index (χ2v) is 6.91. The van der Waals surface area contributed by atoms with E-state index < -0.39 is 29.4 Å². The van der Waals surface area contributed by atoms with Gasteiger partial charge < -0.3 is 14.4 Å². The van der Waals surface area contributed by atoms with Gasteiger partial charge in [-0.25, -0.2) is 4.79 Å². The maximum absolute atomic E-state index is 12.4. The van der Waals surface area contributed by atoms with Crippen LogP contribution >= 0.6 is 0 Å². The minimum absolute atomic E-state index is 0.0911. The second-order valence-electron chi connectivity index (χ2n) is 6.91. The molecule has 0 aromatic carbocycles. The average molecular weight is 332 g/mol. The van der Waals surface area contributed by atoms with Gasteiger partial charge in [-0.3, -0.25) is 14.6 Å². The van der Waals surface area contributed by atoms with Gasteiger partial charge in [0.15, 0.2) is 0 Å². The summed E-state index contributed by atoms with van der Waals surface area (Å²) in [6.07, 6.45) is 0.841. The van der Waals surface area contributed by atoms with Gasteiger partial charge in [0.25, 0.3) is 0 Å². The SMILES string of the molecule is CC1(C)COC(=O)[C@@H]1OC(=O)[C@H]1CC(=O)N(Cc2ccccn2)C1. The minimum atomic E-state index is -0.912. The summed E-state index contributed by atoms with van der Waals surface area (Å²) in [5.41, 5.74) is 0.212. The van der Waals surface area contributed by atoms with Gasteiger partial charge >= 0.3 is 11.9 Å². The number of ether oxygens (including phenoxy) is 2. The summed E-state index contributed by atoms with van der Waals surface area (Å²) in [6, 6.07) is 5.48. The van der Waals surface area contributed by atoms with Gasteiger partial charge in [-0.15, -0.1) is 0 Å². The van der Waals surface area contributed by atoms with Crippen LogP contribution < -0.4 is 0 Å². The van der Waals surface area contributed by atoms with E-state index in [9.17, 15) is 14.4 Å². The summed E-state index contributed by atoms with van der Waals surface area (Å²) < 4.78 is 10.3. The molecule has 2 fully saturated rings. The molecular formula is C17H20N2O5. The number of carbonyl (C=O) groups excluding carboxylic acids is 3. The molecule has 1 aromatic heterocycles. The maximum Gasteiger partial charge on any atom is 0.348 e. The van der Waals surface area contributed by atoms with Crippen molar-refractivity contribution in [3.63, 3.8) is 0 Å². The third kappa shape index (κ3) is 3.25. The van der Waals surface area contributed by atoms with E-state index in [0.717, 1.165) is 5.69 Å². The average Bonchev–Trinajstić information content (AvgIpc) is 3.03. The molecular weight excluding hydrogens is 312 g/mol. The fourth-order valence-corrected chi connectivity index (χ4v) is 2.92. The lowest BCUT2D eigenvalue weighted by atomic mass is 9.89. The zero-order valence-electron chi connectivity index (χ0n) is 13.7. The van der Waals surface area contributed by atoms with Crippen molar-refractivity contribution in [2.75, 3.05) is 13.2 Å². The highest BCUT2D eigenvalue weighted by Crippen LogP contribution is 2.32. The summed E-state index contributed by atoms with van der Waals surface area (Å²) in [5, 5.41) is 0. The van der Waals surface area contributed by atoms with E-state index in [-0.39, 0.29) is 25.5 Å². The molecule has 0 bridgehead atoms. The fraction of sp³-hybridized carbons (Fsp3) is 0.529. The molecule has 2 aliphatic rings. The van der Waals surface area contributed by atoms with Crippen molar-refractivity contribution in [3.8, 4) is 0 Å². The van der Waals surface area contributed by atoms with Crippen LogP contribution in [0.15, 0.2) is 24.4 Å². The zero-order valence-corrected chi connectivity index (χ0v) is 13.7. The molecule has 3 rings (SSSR count). The van der Waals surface area contributed by atoms with Crippen LogP contribution in [0.2, 0.25) is 0 Å². The van der Waals surface area contributed by atoms with Crippen LogP contribution in [-0.4, -0.2) is 47.0 Å². The van der Waals surface area contributed by atoms with Gasteiger partial charge in [0.05, 0.1) is 18.2 Å². The number of hydrogen-bond acceptors (Lipinski definition) is 6. The molecule has 2 atom stereocenters. The van der Waals surface area contributed by atoms with E-state index in [4.69, 9.17) is 9.47 Å². The highest BCUT2D eigenvalue weighted by Gasteiger charge is 2.48. The lowest BCUT2D eigenvalue weighted by Crippen LogP contribution is -2.37. The van der Waals surface area contributed by atoms with Gasteiger partial charge in [-0.2, -0.15) is 0 Å². The normalized spacial score (nSPS) is 25.7. The van der Waals surface area contributed by atoms with E-state index in [1.165, 1.54) is 0 Å². The van der Waals surface area contributed by atoms with E-state index >= 15 is 0 Å². The van der Waals surface area contributed by atoms with Crippen LogP contribution in [0.25, 0.3) is 0 Å². The number of pyridine rings is 1. The van der Waals surface area contributed by atoms with Crippen LogP contribution in [0.1, 0.15) is 26.0 Å². The Labute approximate surface area is 139 Å². The Balaban J connectivity index is 1.61. The highest BCUT2D eigenvalue weighted by atomic mass is 16.6. The van der Waals surface area contributed by atoms with Crippen molar-refractivity contribution < 1.29 is 23.9 Å². The first-order chi connectivity index (χ1) is 11.4. The first-order valence-corrected chi connectivity index (χ1v) is 7.91. The summed E-state index contributed by atoms with van der Waals surface area (Å²) in [5.74, 6) is -1.73. The number of aromatic nitrogens is 1. The number of nitrogens with zero attached hydrogens (tertiary/aromatic N) is 2. The first kappa shape index (κ1) is 16.4. The Bertz CT molecular complexity index is 658. The van der Waals surface area contributed by atoms with Crippen molar-refractivity contribution in [1.82, 2.24) is 9.88 Å². The third-order valence-electron chi connectivity index (χ3n) is 4.37. The third-order valence-corrected chi connectivity index (χ3v) is 4.37. The summed E-state index contributed by atoms with van der Waals surface area (Å²) in [6.45, 7) is 4.47. The van der Waals surface area contributed by atoms with Crippen molar-refractivity contribution >= 4 is 17.8 Å². The number of rotatable bonds is 4. The minimum Gasteiger partial charge on any atom is -0.462 e. The van der Waals surface area contributed by atoms with E-state index in [1.54, 1.807) is 17.2 Å². The zero-order chi connectivity index (χ0) is 17.3. The summed E-state index contributed by atoms with van der Waals surface area (Å²) >= 11 is 0. The van der Waals surface area contributed by atoms with Crippen molar-refractivity contribution in [3.05, 3.63) is 30.1 Å². The van der Waals surface area contributed by atoms with Crippen LogP contribution in [0.4, 0.5) is 0 Å². The van der Waals surface area contributed by atoms with Crippen molar-refractivity contribution in [1.29, 1.82) is 0 Å². The molecule has 2 aliphatic heterocycles. The summed E-state index contributed by atoms with van der Waals surface area (Å²) in [4.78, 5) is 42.0. The number of carbonyl (C=O) groups is 3. The lowest BCUT2D eigenvalue weighted by Gasteiger charge is -2.23. The maximum atomic E-state index is 12.4. The molecule has 1 aromatic rings. The monoisotopic (exact) mass is 332 g/mol. The number of cyclic esters (lactones) is 1. The second kappa shape index (κ2) is 6.22. The molecule has 0 saturated carbocycles.